The summed E-state index contributed by atoms with van der Waals surface area (Å²) in [7, 11) is 0. The first-order valence-electron chi connectivity index (χ1n) is 10.4. The summed E-state index contributed by atoms with van der Waals surface area (Å²) >= 11 is 0. The molecule has 27 heavy (non-hydrogen) atoms. The van der Waals surface area contributed by atoms with Crippen molar-refractivity contribution in [3.63, 3.8) is 0 Å². The average Bonchev–Trinajstić information content (AvgIpc) is 3.27. The SMILES string of the molecule is CCC1(CC)C=CC2CC[CH-]C2C1(C)CCCC(C)C1=CC=CC1.[CH3-].[CH3-].[Zr+3]. The maximum Gasteiger partial charge on any atom is 3.00 e. The van der Waals surface area contributed by atoms with Gasteiger partial charge < -0.3 is 21.3 Å². The Hall–Kier alpha value is 0.103. The van der Waals surface area contributed by atoms with E-state index in [1.54, 1.807) is 5.57 Å². The van der Waals surface area contributed by atoms with Crippen molar-refractivity contribution in [1.29, 1.82) is 0 Å². The van der Waals surface area contributed by atoms with Crippen molar-refractivity contribution in [2.24, 2.45) is 28.6 Å². The van der Waals surface area contributed by atoms with Gasteiger partial charge in [-0.25, -0.2) is 0 Å². The number of fused-ring (bicyclic) bond motifs is 1. The first-order valence-corrected chi connectivity index (χ1v) is 10.4. The first-order chi connectivity index (χ1) is 11.6. The zero-order valence-corrected chi connectivity index (χ0v) is 21.3. The van der Waals surface area contributed by atoms with E-state index in [2.05, 4.69) is 64.5 Å². The molecule has 151 valence electrons. The average molecular weight is 447 g/mol. The molecule has 0 aliphatic heterocycles. The van der Waals surface area contributed by atoms with Gasteiger partial charge in [-0.1, -0.05) is 76.5 Å². The summed E-state index contributed by atoms with van der Waals surface area (Å²) in [6, 6.07) is 0. The quantitative estimate of drug-likeness (QED) is 0.273. The van der Waals surface area contributed by atoms with Gasteiger partial charge in [0.2, 0.25) is 0 Å². The van der Waals surface area contributed by atoms with Gasteiger partial charge in [0.1, 0.15) is 0 Å². The molecule has 3 aliphatic carbocycles. The summed E-state index contributed by atoms with van der Waals surface area (Å²) in [5.41, 5.74) is 2.51. The van der Waals surface area contributed by atoms with E-state index >= 15 is 0 Å². The van der Waals surface area contributed by atoms with Gasteiger partial charge in [-0.15, -0.1) is 0 Å². The van der Waals surface area contributed by atoms with Crippen LogP contribution in [0.5, 0.6) is 0 Å². The number of rotatable bonds is 7. The van der Waals surface area contributed by atoms with E-state index in [1.807, 2.05) is 0 Å². The van der Waals surface area contributed by atoms with Crippen LogP contribution in [0.25, 0.3) is 0 Å². The summed E-state index contributed by atoms with van der Waals surface area (Å²) in [5, 5.41) is 0. The smallest absolute Gasteiger partial charge is 0.358 e. The first kappa shape index (κ1) is 27.1. The van der Waals surface area contributed by atoms with Crippen molar-refractivity contribution in [2.75, 3.05) is 0 Å². The van der Waals surface area contributed by atoms with Crippen LogP contribution in [0, 0.1) is 49.9 Å². The third kappa shape index (κ3) is 4.99. The van der Waals surface area contributed by atoms with E-state index in [0.717, 1.165) is 17.8 Å². The fourth-order valence-electron chi connectivity index (χ4n) is 6.10. The molecule has 0 spiro atoms. The van der Waals surface area contributed by atoms with E-state index in [4.69, 9.17) is 0 Å². The van der Waals surface area contributed by atoms with Crippen LogP contribution in [0.15, 0.2) is 36.0 Å². The van der Waals surface area contributed by atoms with Crippen molar-refractivity contribution < 1.29 is 26.2 Å². The molecule has 0 N–H and O–H groups in total. The maximum atomic E-state index is 2.68. The maximum absolute atomic E-state index is 2.68. The predicted molar refractivity (Wildman–Crippen MR) is 118 cm³/mol. The topological polar surface area (TPSA) is 0 Å². The molecule has 0 aromatic heterocycles. The van der Waals surface area contributed by atoms with E-state index in [1.165, 1.54) is 51.4 Å². The molecule has 1 heteroatoms. The van der Waals surface area contributed by atoms with Crippen molar-refractivity contribution in [3.8, 4) is 0 Å². The molecule has 0 heterocycles. The summed E-state index contributed by atoms with van der Waals surface area (Å²) in [6.07, 6.45) is 25.4. The van der Waals surface area contributed by atoms with Gasteiger partial charge >= 0.3 is 26.2 Å². The van der Waals surface area contributed by atoms with Crippen LogP contribution in [0.2, 0.25) is 0 Å². The minimum absolute atomic E-state index is 0. The molecule has 4 atom stereocenters. The van der Waals surface area contributed by atoms with Gasteiger partial charge in [-0.3, -0.25) is 0 Å². The summed E-state index contributed by atoms with van der Waals surface area (Å²) in [4.78, 5) is 0. The summed E-state index contributed by atoms with van der Waals surface area (Å²) < 4.78 is 0. The molecule has 1 radical (unpaired) electrons. The Balaban J connectivity index is 0.00000225. The van der Waals surface area contributed by atoms with Crippen LogP contribution < -0.4 is 0 Å². The van der Waals surface area contributed by atoms with Crippen LogP contribution in [-0.4, -0.2) is 0 Å². The Kier molecular flexibility index (Phi) is 11.4. The van der Waals surface area contributed by atoms with Crippen LogP contribution in [0.4, 0.5) is 0 Å². The van der Waals surface area contributed by atoms with Gasteiger partial charge in [-0.2, -0.15) is 12.3 Å². The number of hydrogen-bond donors (Lipinski definition) is 0. The minimum Gasteiger partial charge on any atom is -0.358 e. The Labute approximate surface area is 190 Å². The second kappa shape index (κ2) is 11.3. The largest absolute Gasteiger partial charge is 3.00 e. The van der Waals surface area contributed by atoms with Gasteiger partial charge in [0.15, 0.2) is 0 Å². The number of allylic oxidation sites excluding steroid dienone is 6. The minimum atomic E-state index is 0. The Morgan fingerprint density at radius 2 is 1.93 bits per heavy atom. The Morgan fingerprint density at radius 3 is 2.52 bits per heavy atom. The molecule has 0 nitrogen and oxygen atoms in total. The number of hydrogen-bond acceptors (Lipinski definition) is 0. The van der Waals surface area contributed by atoms with Gasteiger partial charge in [0.05, 0.1) is 0 Å². The summed E-state index contributed by atoms with van der Waals surface area (Å²) in [5.74, 6) is 2.38. The van der Waals surface area contributed by atoms with Crippen molar-refractivity contribution >= 4 is 0 Å². The van der Waals surface area contributed by atoms with Crippen molar-refractivity contribution in [2.45, 2.75) is 79.1 Å². The molecule has 3 rings (SSSR count). The molecular formula is C26H43Zr. The molecule has 1 saturated carbocycles. The van der Waals surface area contributed by atoms with Crippen LogP contribution in [0.1, 0.15) is 79.1 Å². The molecule has 0 aromatic rings. The predicted octanol–water partition coefficient (Wildman–Crippen LogP) is 8.19. The van der Waals surface area contributed by atoms with E-state index in [9.17, 15) is 0 Å². The summed E-state index contributed by atoms with van der Waals surface area (Å²) in [6.45, 7) is 9.89. The molecule has 0 bridgehead atoms. The fourth-order valence-corrected chi connectivity index (χ4v) is 6.10. The molecular weight excluding hydrogens is 404 g/mol. The standard InChI is InChI=1S/C24H37.2CH3.Zr/c1-5-24(6-2)18-16-21-14-9-15-22(21)23(24,4)17-10-11-19(3)20-12-7-8-13-20;;;/h7-8,12,15-16,18-19,21-22H,5-6,9-11,13-14,17H2,1-4H3;2*1H3;/q3*-1;+3. The molecule has 3 aliphatic rings. The molecule has 0 saturated heterocycles. The molecule has 0 aromatic carbocycles. The van der Waals surface area contributed by atoms with E-state index in [0.29, 0.717) is 10.8 Å². The van der Waals surface area contributed by atoms with E-state index in [-0.39, 0.29) is 41.1 Å². The molecule has 4 unspecified atom stereocenters. The fraction of sp³-hybridized carbons (Fsp3) is 0.654. The Bertz CT molecular complexity index is 522. The van der Waals surface area contributed by atoms with Crippen LogP contribution in [-0.2, 0) is 26.2 Å². The third-order valence-corrected chi connectivity index (χ3v) is 7.95. The van der Waals surface area contributed by atoms with Gasteiger partial charge in [0.25, 0.3) is 0 Å². The van der Waals surface area contributed by atoms with Gasteiger partial charge in [0, 0.05) is 0 Å². The Morgan fingerprint density at radius 1 is 1.22 bits per heavy atom. The molecule has 1 fully saturated rings. The zero-order valence-electron chi connectivity index (χ0n) is 18.9. The second-order valence-corrected chi connectivity index (χ2v) is 8.81. The van der Waals surface area contributed by atoms with Crippen LogP contribution in [0.3, 0.4) is 0 Å². The van der Waals surface area contributed by atoms with Crippen LogP contribution >= 0.6 is 0 Å². The van der Waals surface area contributed by atoms with Gasteiger partial charge in [-0.05, 0) is 54.8 Å². The van der Waals surface area contributed by atoms with E-state index < -0.39 is 0 Å². The zero-order chi connectivity index (χ0) is 17.2. The van der Waals surface area contributed by atoms with Crippen molar-refractivity contribution in [1.82, 2.24) is 0 Å². The normalized spacial score (nSPS) is 31.2. The third-order valence-electron chi connectivity index (χ3n) is 7.95. The second-order valence-electron chi connectivity index (χ2n) is 8.81. The van der Waals surface area contributed by atoms with Crippen molar-refractivity contribution in [3.05, 3.63) is 57.2 Å². The monoisotopic (exact) mass is 445 g/mol. The molecule has 0 amide bonds.